The van der Waals surface area contributed by atoms with Gasteiger partial charge in [-0.3, -0.25) is 0 Å². The van der Waals surface area contributed by atoms with E-state index in [1.807, 2.05) is 17.5 Å². The van der Waals surface area contributed by atoms with Gasteiger partial charge in [0.1, 0.15) is 6.07 Å². The first-order valence-electron chi connectivity index (χ1n) is 6.54. The van der Waals surface area contributed by atoms with Crippen LogP contribution < -0.4 is 4.90 Å². The zero-order chi connectivity index (χ0) is 13.4. The second kappa shape index (κ2) is 4.84. The molecule has 1 aromatic heterocycles. The monoisotopic (exact) mass is 272 g/mol. The van der Waals surface area contributed by atoms with Crippen molar-refractivity contribution < 1.29 is 5.11 Å². The minimum atomic E-state index is 0.251. The van der Waals surface area contributed by atoms with E-state index in [4.69, 9.17) is 5.26 Å². The van der Waals surface area contributed by atoms with Crippen LogP contribution in [0.2, 0.25) is 0 Å². The van der Waals surface area contributed by atoms with Crippen LogP contribution in [0.1, 0.15) is 18.9 Å². The Bertz CT molecular complexity index is 643. The number of anilines is 1. The lowest BCUT2D eigenvalue weighted by Crippen LogP contribution is -2.31. The molecular formula is C15H16N2OS. The van der Waals surface area contributed by atoms with E-state index in [0.717, 1.165) is 28.6 Å². The van der Waals surface area contributed by atoms with Crippen LogP contribution in [0.5, 0.6) is 0 Å². The summed E-state index contributed by atoms with van der Waals surface area (Å²) in [5.74, 6) is 0.351. The summed E-state index contributed by atoms with van der Waals surface area (Å²) in [5.41, 5.74) is 1.94. The van der Waals surface area contributed by atoms with Gasteiger partial charge in [0.2, 0.25) is 0 Å². The molecule has 3 rings (SSSR count). The highest BCUT2D eigenvalue weighted by atomic mass is 32.1. The summed E-state index contributed by atoms with van der Waals surface area (Å²) < 4.78 is 1.07. The molecule has 3 nitrogen and oxygen atoms in total. The molecule has 2 atom stereocenters. The smallest absolute Gasteiger partial charge is 0.101 e. The lowest BCUT2D eigenvalue weighted by molar-refractivity contribution is 0.221. The molecule has 0 saturated carbocycles. The molecule has 0 unspecified atom stereocenters. The van der Waals surface area contributed by atoms with Gasteiger partial charge in [-0.15, -0.1) is 11.3 Å². The van der Waals surface area contributed by atoms with Crippen molar-refractivity contribution in [2.75, 3.05) is 18.1 Å². The summed E-state index contributed by atoms with van der Waals surface area (Å²) in [6.07, 6.45) is 1.03. The Morgan fingerprint density at radius 2 is 2.32 bits per heavy atom. The van der Waals surface area contributed by atoms with Gasteiger partial charge in [0.05, 0.1) is 10.3 Å². The fourth-order valence-corrected chi connectivity index (χ4v) is 3.85. The Morgan fingerprint density at radius 1 is 1.47 bits per heavy atom. The van der Waals surface area contributed by atoms with Gasteiger partial charge in [-0.1, -0.05) is 0 Å². The lowest BCUT2D eigenvalue weighted by Gasteiger charge is -2.27. The van der Waals surface area contributed by atoms with Gasteiger partial charge in [0, 0.05) is 36.2 Å². The molecule has 1 aliphatic rings. The van der Waals surface area contributed by atoms with Crippen LogP contribution >= 0.6 is 11.3 Å². The lowest BCUT2D eigenvalue weighted by atomic mass is 10.0. The van der Waals surface area contributed by atoms with E-state index >= 15 is 0 Å². The highest BCUT2D eigenvalue weighted by Crippen LogP contribution is 2.37. The first-order valence-corrected chi connectivity index (χ1v) is 7.42. The third-order valence-corrected chi connectivity index (χ3v) is 5.12. The topological polar surface area (TPSA) is 47.3 Å². The molecule has 2 heterocycles. The minimum absolute atomic E-state index is 0.251. The number of hydrogen-bond acceptors (Lipinski definition) is 4. The van der Waals surface area contributed by atoms with E-state index in [2.05, 4.69) is 24.0 Å². The summed E-state index contributed by atoms with van der Waals surface area (Å²) in [5, 5.41) is 21.7. The van der Waals surface area contributed by atoms with Crippen molar-refractivity contribution >= 4 is 27.1 Å². The number of nitrogens with zero attached hydrogens (tertiary/aromatic N) is 2. The van der Waals surface area contributed by atoms with Crippen LogP contribution in [-0.4, -0.2) is 24.3 Å². The summed E-state index contributed by atoms with van der Waals surface area (Å²) in [4.78, 5) is 2.36. The Kier molecular flexibility index (Phi) is 3.17. The van der Waals surface area contributed by atoms with E-state index in [9.17, 15) is 5.11 Å². The van der Waals surface area contributed by atoms with Crippen LogP contribution in [0.4, 0.5) is 5.69 Å². The predicted molar refractivity (Wildman–Crippen MR) is 78.5 cm³/mol. The molecule has 2 aromatic rings. The second-order valence-electron chi connectivity index (χ2n) is 5.07. The predicted octanol–water partition coefficient (Wildman–Crippen LogP) is 2.98. The summed E-state index contributed by atoms with van der Waals surface area (Å²) in [6.45, 7) is 3.40. The fourth-order valence-electron chi connectivity index (χ4n) is 2.97. The molecule has 4 heteroatoms. The number of thiophene rings is 1. The van der Waals surface area contributed by atoms with Crippen molar-refractivity contribution in [3.8, 4) is 6.07 Å². The van der Waals surface area contributed by atoms with Gasteiger partial charge in [-0.2, -0.15) is 5.26 Å². The summed E-state index contributed by atoms with van der Waals surface area (Å²) >= 11 is 1.62. The molecule has 1 fully saturated rings. The average Bonchev–Trinajstić information content (AvgIpc) is 3.04. The van der Waals surface area contributed by atoms with Crippen molar-refractivity contribution in [1.82, 2.24) is 0 Å². The maximum absolute atomic E-state index is 9.39. The van der Waals surface area contributed by atoms with Gasteiger partial charge in [-0.25, -0.2) is 0 Å². The third-order valence-electron chi connectivity index (χ3n) is 4.17. The van der Waals surface area contributed by atoms with Crippen molar-refractivity contribution in [2.24, 2.45) is 5.92 Å². The Balaban J connectivity index is 2.07. The minimum Gasteiger partial charge on any atom is -0.396 e. The Labute approximate surface area is 116 Å². The first-order chi connectivity index (χ1) is 9.26. The van der Waals surface area contributed by atoms with E-state index in [0.29, 0.717) is 12.0 Å². The molecule has 19 heavy (non-hydrogen) atoms. The largest absolute Gasteiger partial charge is 0.396 e. The zero-order valence-corrected chi connectivity index (χ0v) is 11.7. The van der Waals surface area contributed by atoms with Crippen LogP contribution in [0.25, 0.3) is 10.1 Å². The standard InChI is InChI=1S/C15H16N2OS/c1-10-12(9-18)4-6-17(10)14-3-2-11(8-16)15-13(14)5-7-19-15/h2-3,5,7,10,12,18H,4,6,9H2,1H3/t10-,12+/m0/s1. The molecule has 0 bridgehead atoms. The quantitative estimate of drug-likeness (QED) is 0.914. The van der Waals surface area contributed by atoms with Gasteiger partial charge < -0.3 is 10.0 Å². The van der Waals surface area contributed by atoms with Gasteiger partial charge in [-0.05, 0) is 36.9 Å². The van der Waals surface area contributed by atoms with E-state index in [-0.39, 0.29) is 6.61 Å². The Hall–Kier alpha value is -1.57. The maximum Gasteiger partial charge on any atom is 0.101 e. The molecule has 1 aromatic carbocycles. The van der Waals surface area contributed by atoms with Crippen molar-refractivity contribution in [1.29, 1.82) is 5.26 Å². The van der Waals surface area contributed by atoms with Crippen molar-refractivity contribution in [3.05, 3.63) is 29.1 Å². The molecule has 1 N–H and O–H groups in total. The number of benzene rings is 1. The second-order valence-corrected chi connectivity index (χ2v) is 5.99. The third kappa shape index (κ3) is 1.90. The van der Waals surface area contributed by atoms with Crippen LogP contribution in [0.15, 0.2) is 23.6 Å². The number of aliphatic hydroxyl groups is 1. The molecule has 1 aliphatic heterocycles. The number of aliphatic hydroxyl groups excluding tert-OH is 1. The SMILES string of the molecule is C[C@H]1[C@@H](CO)CCN1c1ccc(C#N)c2sccc12. The number of hydrogen-bond donors (Lipinski definition) is 1. The molecule has 0 spiro atoms. The van der Waals surface area contributed by atoms with E-state index in [1.165, 1.54) is 5.69 Å². The molecule has 1 saturated heterocycles. The van der Waals surface area contributed by atoms with Crippen molar-refractivity contribution in [3.63, 3.8) is 0 Å². The van der Waals surface area contributed by atoms with Crippen LogP contribution in [0, 0.1) is 17.2 Å². The number of fused-ring (bicyclic) bond motifs is 1. The molecular weight excluding hydrogens is 256 g/mol. The fraction of sp³-hybridized carbons (Fsp3) is 0.400. The van der Waals surface area contributed by atoms with Gasteiger partial charge >= 0.3 is 0 Å². The van der Waals surface area contributed by atoms with E-state index < -0.39 is 0 Å². The van der Waals surface area contributed by atoms with Crippen LogP contribution in [0.3, 0.4) is 0 Å². The van der Waals surface area contributed by atoms with E-state index in [1.54, 1.807) is 11.3 Å². The summed E-state index contributed by atoms with van der Waals surface area (Å²) in [6, 6.07) is 8.65. The van der Waals surface area contributed by atoms with Gasteiger partial charge in [0.25, 0.3) is 0 Å². The summed E-state index contributed by atoms with van der Waals surface area (Å²) in [7, 11) is 0. The molecule has 0 radical (unpaired) electrons. The van der Waals surface area contributed by atoms with Gasteiger partial charge in [0.15, 0.2) is 0 Å². The first kappa shape index (κ1) is 12.5. The van der Waals surface area contributed by atoms with Crippen molar-refractivity contribution in [2.45, 2.75) is 19.4 Å². The number of nitriles is 1. The van der Waals surface area contributed by atoms with Crippen LogP contribution in [-0.2, 0) is 0 Å². The molecule has 98 valence electrons. The average molecular weight is 272 g/mol. The normalized spacial score (nSPS) is 22.9. The maximum atomic E-state index is 9.39. The highest BCUT2D eigenvalue weighted by molar-refractivity contribution is 7.17. The highest BCUT2D eigenvalue weighted by Gasteiger charge is 2.31. The Morgan fingerprint density at radius 3 is 3.00 bits per heavy atom. The molecule has 0 aliphatic carbocycles. The number of rotatable bonds is 2. The zero-order valence-electron chi connectivity index (χ0n) is 10.8. The molecule has 0 amide bonds.